The summed E-state index contributed by atoms with van der Waals surface area (Å²) in [6.45, 7) is -0.842. The number of fused-ring (bicyclic) bond motifs is 1. The van der Waals surface area contributed by atoms with Crippen molar-refractivity contribution >= 4 is 38.2 Å². The Hall–Kier alpha value is -3.12. The summed E-state index contributed by atoms with van der Waals surface area (Å²) in [6.07, 6.45) is 4.52. The molecule has 0 radical (unpaired) electrons. The number of rotatable bonds is 5. The molecule has 12 heteroatoms. The van der Waals surface area contributed by atoms with Crippen LogP contribution in [0.5, 0.6) is 5.75 Å². The number of aromatic nitrogens is 1. The number of sulfonamides is 1. The van der Waals surface area contributed by atoms with Gasteiger partial charge in [0.1, 0.15) is 11.6 Å². The molecule has 2 aliphatic rings. The summed E-state index contributed by atoms with van der Waals surface area (Å²) >= 11 is 1.28. The summed E-state index contributed by atoms with van der Waals surface area (Å²) in [5, 5.41) is 3.11. The highest BCUT2D eigenvalue weighted by atomic mass is 32.2. The summed E-state index contributed by atoms with van der Waals surface area (Å²) in [5.74, 6) is -0.199. The van der Waals surface area contributed by atoms with Gasteiger partial charge in [-0.15, -0.1) is 15.7 Å². The molecule has 8 nitrogen and oxygen atoms in total. The van der Waals surface area contributed by atoms with Gasteiger partial charge in [-0.2, -0.15) is 8.78 Å². The van der Waals surface area contributed by atoms with Crippen LogP contribution in [0.3, 0.4) is 0 Å². The highest BCUT2D eigenvalue weighted by Gasteiger charge is 2.25. The Bertz CT molecular complexity index is 1220. The first-order valence-corrected chi connectivity index (χ1v) is 11.5. The molecule has 2 aliphatic heterocycles. The van der Waals surface area contributed by atoms with E-state index in [2.05, 4.69) is 19.4 Å². The van der Waals surface area contributed by atoms with E-state index in [-0.39, 0.29) is 23.9 Å². The van der Waals surface area contributed by atoms with Crippen molar-refractivity contribution in [1.29, 1.82) is 0 Å². The van der Waals surface area contributed by atoms with E-state index in [0.29, 0.717) is 22.0 Å². The van der Waals surface area contributed by atoms with E-state index in [4.69, 9.17) is 0 Å². The van der Waals surface area contributed by atoms with Crippen LogP contribution in [0.1, 0.15) is 4.88 Å². The zero-order chi connectivity index (χ0) is 22.2. The van der Waals surface area contributed by atoms with Crippen LogP contribution in [-0.2, 0) is 14.8 Å². The van der Waals surface area contributed by atoms with E-state index in [9.17, 15) is 22.0 Å². The number of alkyl halides is 2. The van der Waals surface area contributed by atoms with E-state index in [1.165, 1.54) is 35.6 Å². The number of ether oxygens (including phenoxy) is 1. The van der Waals surface area contributed by atoms with Crippen molar-refractivity contribution in [1.82, 2.24) is 9.88 Å². The number of hydrogen-bond acceptors (Lipinski definition) is 7. The fraction of sp³-hybridized carbons (Fsp3) is 0.211. The maximum atomic E-state index is 12.6. The number of carbonyl (C=O) groups excluding carboxylic acids is 1. The number of benzene rings is 1. The zero-order valence-electron chi connectivity index (χ0n) is 16.1. The van der Waals surface area contributed by atoms with Gasteiger partial charge in [0.2, 0.25) is 0 Å². The lowest BCUT2D eigenvalue weighted by Crippen LogP contribution is -2.37. The molecule has 0 bridgehead atoms. The van der Waals surface area contributed by atoms with Crippen LogP contribution >= 0.6 is 11.3 Å². The fourth-order valence-corrected chi connectivity index (χ4v) is 4.82. The Morgan fingerprint density at radius 3 is 2.71 bits per heavy atom. The summed E-state index contributed by atoms with van der Waals surface area (Å²) in [6, 6.07) is 6.08. The molecule has 1 aromatic carbocycles. The third-order valence-corrected chi connectivity index (χ3v) is 6.51. The number of carbonyl (C=O) groups is 1. The van der Waals surface area contributed by atoms with Crippen molar-refractivity contribution < 1.29 is 26.7 Å². The van der Waals surface area contributed by atoms with E-state index >= 15 is 0 Å². The molecule has 3 heterocycles. The Labute approximate surface area is 180 Å². The first-order chi connectivity index (χ1) is 14.7. The molecule has 1 amide bonds. The molecular weight excluding hydrogens is 450 g/mol. The van der Waals surface area contributed by atoms with Crippen LogP contribution in [0.4, 0.5) is 13.9 Å². The number of nitrogens with one attached hydrogen (secondary N) is 1. The molecule has 0 saturated heterocycles. The number of amides is 1. The van der Waals surface area contributed by atoms with Crippen molar-refractivity contribution in [3.05, 3.63) is 53.1 Å². The zero-order valence-corrected chi connectivity index (χ0v) is 17.7. The molecule has 0 fully saturated rings. The lowest BCUT2D eigenvalue weighted by Gasteiger charge is -2.26. The number of amidine groups is 1. The maximum absolute atomic E-state index is 12.6. The summed E-state index contributed by atoms with van der Waals surface area (Å²) < 4.78 is 55.8. The lowest BCUT2D eigenvalue weighted by molar-refractivity contribution is -0.112. The molecular formula is C19H16F2N4O4S2. The average Bonchev–Trinajstić information content (AvgIpc) is 3.07. The normalized spacial score (nSPS) is 17.1. The van der Waals surface area contributed by atoms with Crippen LogP contribution in [0.15, 0.2) is 52.6 Å². The number of anilines is 1. The van der Waals surface area contributed by atoms with Gasteiger partial charge in [-0.1, -0.05) is 0 Å². The van der Waals surface area contributed by atoms with Crippen LogP contribution in [-0.4, -0.2) is 49.0 Å². The largest absolute Gasteiger partial charge is 0.435 e. The van der Waals surface area contributed by atoms with Gasteiger partial charge in [-0.05, 0) is 43.3 Å². The van der Waals surface area contributed by atoms with E-state index < -0.39 is 22.5 Å². The second-order valence-corrected chi connectivity index (χ2v) is 9.59. The maximum Gasteiger partial charge on any atom is 0.387 e. The number of nitrogens with zero attached hydrogens (tertiary/aromatic N) is 3. The molecule has 0 spiro atoms. The average molecular weight is 466 g/mol. The molecule has 0 saturated carbocycles. The quantitative estimate of drug-likeness (QED) is 0.727. The van der Waals surface area contributed by atoms with E-state index in [0.717, 1.165) is 4.88 Å². The van der Waals surface area contributed by atoms with Gasteiger partial charge in [0, 0.05) is 23.2 Å². The van der Waals surface area contributed by atoms with Gasteiger partial charge in [-0.3, -0.25) is 10.1 Å². The number of hydrogen-bond donors (Lipinski definition) is 1. The number of aryl methyl sites for hydroxylation is 1. The van der Waals surface area contributed by atoms with Gasteiger partial charge in [0.05, 0.1) is 17.0 Å². The van der Waals surface area contributed by atoms with Gasteiger partial charge in [-0.25, -0.2) is 13.4 Å². The highest BCUT2D eigenvalue weighted by molar-refractivity contribution is 7.90. The second kappa shape index (κ2) is 8.19. The minimum Gasteiger partial charge on any atom is -0.435 e. The number of halogens is 2. The number of thiazole rings is 1. The van der Waals surface area contributed by atoms with Gasteiger partial charge < -0.3 is 9.64 Å². The van der Waals surface area contributed by atoms with Crippen LogP contribution in [0.25, 0.3) is 11.3 Å². The molecule has 31 heavy (non-hydrogen) atoms. The van der Waals surface area contributed by atoms with Crippen LogP contribution in [0.2, 0.25) is 0 Å². The Morgan fingerprint density at radius 2 is 2.00 bits per heavy atom. The summed E-state index contributed by atoms with van der Waals surface area (Å²) in [5.41, 5.74) is 1.65. The predicted octanol–water partition coefficient (Wildman–Crippen LogP) is 3.16. The Kier molecular flexibility index (Phi) is 5.58. The van der Waals surface area contributed by atoms with Gasteiger partial charge >= 0.3 is 6.61 Å². The molecule has 4 rings (SSSR count). The second-order valence-electron chi connectivity index (χ2n) is 6.63. The third-order valence-electron chi connectivity index (χ3n) is 4.46. The molecule has 0 atom stereocenters. The minimum atomic E-state index is -3.46. The smallest absolute Gasteiger partial charge is 0.387 e. The van der Waals surface area contributed by atoms with Crippen LogP contribution < -0.4 is 10.1 Å². The van der Waals surface area contributed by atoms with Gasteiger partial charge in [0.25, 0.3) is 15.9 Å². The molecule has 1 N–H and O–H groups in total. The van der Waals surface area contributed by atoms with Gasteiger partial charge in [0.15, 0.2) is 5.13 Å². The molecule has 1 aromatic heterocycles. The first-order valence-electron chi connectivity index (χ1n) is 9.03. The molecule has 162 valence electrons. The molecule has 0 aliphatic carbocycles. The van der Waals surface area contributed by atoms with E-state index in [1.54, 1.807) is 23.2 Å². The van der Waals surface area contributed by atoms with Crippen molar-refractivity contribution in [2.45, 2.75) is 13.5 Å². The standard InChI is InChI=1S/C19H16F2N4O4S2/c1-11-16(12-2-5-14(6-3-12)29-18(20)21)22-19(30-11)23-17(26)13-4-7-15-24-31(27,28)9-8-25(15)10-13/h2-7,10,18H,8-9H2,1H3,(H,22,23,26). The van der Waals surface area contributed by atoms with Crippen molar-refractivity contribution in [3.8, 4) is 17.0 Å². The topological polar surface area (TPSA) is 101 Å². The predicted molar refractivity (Wildman–Crippen MR) is 113 cm³/mol. The molecule has 2 aromatic rings. The molecule has 0 unspecified atom stereocenters. The minimum absolute atomic E-state index is 0.0459. The summed E-state index contributed by atoms with van der Waals surface area (Å²) in [7, 11) is -3.46. The van der Waals surface area contributed by atoms with Crippen molar-refractivity contribution in [3.63, 3.8) is 0 Å². The van der Waals surface area contributed by atoms with E-state index in [1.807, 2.05) is 6.92 Å². The Balaban J connectivity index is 1.48. The lowest BCUT2D eigenvalue weighted by atomic mass is 10.1. The third kappa shape index (κ3) is 4.80. The Morgan fingerprint density at radius 1 is 1.26 bits per heavy atom. The van der Waals surface area contributed by atoms with Crippen molar-refractivity contribution in [2.24, 2.45) is 4.40 Å². The summed E-state index contributed by atoms with van der Waals surface area (Å²) in [4.78, 5) is 19.5. The highest BCUT2D eigenvalue weighted by Crippen LogP contribution is 2.32. The van der Waals surface area contributed by atoms with Crippen molar-refractivity contribution in [2.75, 3.05) is 17.6 Å². The fourth-order valence-electron chi connectivity index (χ4n) is 3.02. The SMILES string of the molecule is Cc1sc(NC(=O)C2=CN3CCS(=O)(=O)N=C3C=C2)nc1-c1ccc(OC(F)F)cc1. The monoisotopic (exact) mass is 466 g/mol. The first kappa shape index (κ1) is 21.1. The van der Waals surface area contributed by atoms with Crippen LogP contribution in [0, 0.1) is 6.92 Å².